The Bertz CT molecular complexity index is 513. The minimum absolute atomic E-state index is 0.0374. The fraction of sp³-hybridized carbons (Fsp3) is 0.833. The second kappa shape index (κ2) is 19.6. The molecule has 5 N–H and O–H groups in total. The van der Waals surface area contributed by atoms with Gasteiger partial charge in [0.25, 0.3) is 0 Å². The fourth-order valence-corrected chi connectivity index (χ4v) is 3.25. The van der Waals surface area contributed by atoms with Crippen molar-refractivity contribution in [2.45, 2.75) is 121 Å². The SMILES string of the molecule is [2H]CCCCCCCC/C=C\CCCCCCCC(=O)C(=O)[C@H](O)[C@@H](O)[C@H](O)[C@H](O)CO. The molecule has 0 radical (unpaired) electrons. The van der Waals surface area contributed by atoms with Crippen LogP contribution in [-0.4, -0.2) is 68.1 Å². The van der Waals surface area contributed by atoms with Crippen molar-refractivity contribution in [2.24, 2.45) is 0 Å². The van der Waals surface area contributed by atoms with Crippen molar-refractivity contribution in [3.8, 4) is 0 Å². The first-order valence-electron chi connectivity index (χ1n) is 12.4. The molecule has 0 aromatic carbocycles. The highest BCUT2D eigenvalue weighted by Gasteiger charge is 2.36. The van der Waals surface area contributed by atoms with E-state index in [9.17, 15) is 30.0 Å². The Kier molecular flexibility index (Phi) is 17.6. The van der Waals surface area contributed by atoms with E-state index in [1.165, 1.54) is 32.1 Å². The van der Waals surface area contributed by atoms with Crippen LogP contribution < -0.4 is 0 Å². The highest BCUT2D eigenvalue weighted by atomic mass is 16.4. The molecule has 4 atom stereocenters. The van der Waals surface area contributed by atoms with Crippen molar-refractivity contribution in [3.05, 3.63) is 12.2 Å². The summed E-state index contributed by atoms with van der Waals surface area (Å²) in [5, 5.41) is 46.9. The van der Waals surface area contributed by atoms with Gasteiger partial charge in [0.2, 0.25) is 11.6 Å². The van der Waals surface area contributed by atoms with Gasteiger partial charge in [-0.3, -0.25) is 9.59 Å². The summed E-state index contributed by atoms with van der Waals surface area (Å²) in [6.45, 7) is -0.308. The Morgan fingerprint density at radius 1 is 0.774 bits per heavy atom. The second-order valence-electron chi connectivity index (χ2n) is 8.15. The Labute approximate surface area is 188 Å². The smallest absolute Gasteiger partial charge is 0.229 e. The lowest BCUT2D eigenvalue weighted by Gasteiger charge is -2.24. The number of carbonyl (C=O) groups is 2. The normalized spacial score (nSPS) is 16.1. The minimum Gasteiger partial charge on any atom is -0.394 e. The molecular weight excluding hydrogens is 400 g/mol. The molecule has 7 nitrogen and oxygen atoms in total. The van der Waals surface area contributed by atoms with Gasteiger partial charge in [-0.15, -0.1) is 0 Å². The molecule has 0 rings (SSSR count). The van der Waals surface area contributed by atoms with Crippen molar-refractivity contribution in [1.29, 1.82) is 0 Å². The monoisotopic (exact) mass is 445 g/mol. The summed E-state index contributed by atoms with van der Waals surface area (Å²) in [5.41, 5.74) is 0. The molecule has 0 spiro atoms. The lowest BCUT2D eigenvalue weighted by atomic mass is 9.96. The lowest BCUT2D eigenvalue weighted by Crippen LogP contribution is -2.50. The number of hydrogen-bond acceptors (Lipinski definition) is 7. The first-order valence-corrected chi connectivity index (χ1v) is 11.7. The predicted molar refractivity (Wildman–Crippen MR) is 121 cm³/mol. The van der Waals surface area contributed by atoms with Gasteiger partial charge in [0.05, 0.1) is 6.61 Å². The zero-order valence-corrected chi connectivity index (χ0v) is 18.8. The number of allylic oxidation sites excluding steroid dienone is 2. The zero-order valence-electron chi connectivity index (χ0n) is 19.8. The summed E-state index contributed by atoms with van der Waals surface area (Å²) in [7, 11) is 0. The third kappa shape index (κ3) is 14.5. The summed E-state index contributed by atoms with van der Waals surface area (Å²) >= 11 is 0. The fourth-order valence-electron chi connectivity index (χ4n) is 3.25. The molecule has 0 fully saturated rings. The maximum absolute atomic E-state index is 11.9. The number of rotatable bonds is 21. The number of ketones is 2. The highest BCUT2D eigenvalue weighted by molar-refractivity contribution is 6.38. The van der Waals surface area contributed by atoms with Gasteiger partial charge in [-0.2, -0.15) is 0 Å². The van der Waals surface area contributed by atoms with Crippen molar-refractivity contribution in [2.75, 3.05) is 6.61 Å². The van der Waals surface area contributed by atoms with Gasteiger partial charge >= 0.3 is 0 Å². The predicted octanol–water partition coefficient (Wildman–Crippen LogP) is 2.60. The highest BCUT2D eigenvalue weighted by Crippen LogP contribution is 2.12. The topological polar surface area (TPSA) is 135 Å². The van der Waals surface area contributed by atoms with Crippen molar-refractivity contribution in [1.82, 2.24) is 0 Å². The Balaban J connectivity index is 3.71. The molecule has 0 aliphatic heterocycles. The Morgan fingerprint density at radius 3 is 1.84 bits per heavy atom. The van der Waals surface area contributed by atoms with Crippen LogP contribution >= 0.6 is 0 Å². The number of unbranched alkanes of at least 4 members (excludes halogenated alkanes) is 11. The lowest BCUT2D eigenvalue weighted by molar-refractivity contribution is -0.154. The van der Waals surface area contributed by atoms with Crippen molar-refractivity contribution >= 4 is 11.6 Å². The van der Waals surface area contributed by atoms with Gasteiger partial charge in [-0.05, 0) is 32.1 Å². The Hall–Kier alpha value is -1.12. The van der Waals surface area contributed by atoms with E-state index >= 15 is 0 Å². The van der Waals surface area contributed by atoms with E-state index in [1.807, 2.05) is 0 Å². The first kappa shape index (κ1) is 27.9. The van der Waals surface area contributed by atoms with Gasteiger partial charge in [0.1, 0.15) is 24.4 Å². The summed E-state index contributed by atoms with van der Waals surface area (Å²) in [6.07, 6.45) is 10.3. The van der Waals surface area contributed by atoms with Crippen LogP contribution in [0.1, 0.15) is 98.2 Å². The van der Waals surface area contributed by atoms with E-state index in [4.69, 9.17) is 6.48 Å². The molecule has 0 bridgehead atoms. The summed E-state index contributed by atoms with van der Waals surface area (Å²) < 4.78 is 7.09. The first-order chi connectivity index (χ1) is 15.4. The van der Waals surface area contributed by atoms with E-state index in [0.29, 0.717) is 13.3 Å². The van der Waals surface area contributed by atoms with E-state index in [1.54, 1.807) is 0 Å². The van der Waals surface area contributed by atoms with Crippen LogP contribution in [0.4, 0.5) is 0 Å². The average Bonchev–Trinajstić information content (AvgIpc) is 2.81. The molecule has 0 heterocycles. The van der Waals surface area contributed by atoms with Gasteiger partial charge in [-0.25, -0.2) is 0 Å². The summed E-state index contributed by atoms with van der Waals surface area (Å²) in [6, 6.07) is 0. The molecule has 31 heavy (non-hydrogen) atoms. The average molecular weight is 446 g/mol. The van der Waals surface area contributed by atoms with Crippen LogP contribution in [0.5, 0.6) is 0 Å². The molecule has 0 aliphatic carbocycles. The molecule has 182 valence electrons. The number of aliphatic hydroxyl groups is 5. The van der Waals surface area contributed by atoms with Crippen molar-refractivity contribution < 1.29 is 36.5 Å². The molecular formula is C24H44O7. The molecule has 0 amide bonds. The van der Waals surface area contributed by atoms with Gasteiger partial charge in [0, 0.05) is 7.79 Å². The second-order valence-corrected chi connectivity index (χ2v) is 8.15. The van der Waals surface area contributed by atoms with E-state index < -0.39 is 42.6 Å². The van der Waals surface area contributed by atoms with E-state index in [-0.39, 0.29) is 6.42 Å². The number of aliphatic hydroxyl groups excluding tert-OH is 5. The zero-order chi connectivity index (χ0) is 24.2. The maximum atomic E-state index is 11.9. The van der Waals surface area contributed by atoms with Gasteiger partial charge < -0.3 is 25.5 Å². The van der Waals surface area contributed by atoms with Crippen molar-refractivity contribution in [3.63, 3.8) is 0 Å². The molecule has 0 saturated carbocycles. The minimum atomic E-state index is -2.13. The van der Waals surface area contributed by atoms with Gasteiger partial charge in [0.15, 0.2) is 0 Å². The maximum Gasteiger partial charge on any atom is 0.229 e. The molecule has 0 aliphatic rings. The standard InChI is InChI=1S/C24H44O7/c1-2-3-4-5-6-7-8-9-10-11-12-13-14-15-16-17-19(26)21(28)23(30)24(31)22(29)20(27)18-25/h9-10,20,22-25,27,29-31H,2-8,11-18H2,1H3/b10-9-/t20-,22-,23+,24+/m1/s1/i1D. The summed E-state index contributed by atoms with van der Waals surface area (Å²) in [4.78, 5) is 23.7. The van der Waals surface area contributed by atoms with Crippen LogP contribution in [0.25, 0.3) is 0 Å². The quantitative estimate of drug-likeness (QED) is 0.104. The molecule has 0 unspecified atom stereocenters. The van der Waals surface area contributed by atoms with Gasteiger partial charge in [-0.1, -0.05) is 70.4 Å². The van der Waals surface area contributed by atoms with Crippen LogP contribution in [0.15, 0.2) is 12.2 Å². The van der Waals surface area contributed by atoms with Crippen LogP contribution in [0.3, 0.4) is 0 Å². The van der Waals surface area contributed by atoms with E-state index in [0.717, 1.165) is 44.9 Å². The Morgan fingerprint density at radius 2 is 1.29 bits per heavy atom. The number of hydrogen-bond donors (Lipinski definition) is 5. The third-order valence-corrected chi connectivity index (χ3v) is 5.36. The third-order valence-electron chi connectivity index (χ3n) is 5.36. The molecule has 0 aromatic rings. The largest absolute Gasteiger partial charge is 0.394 e. The van der Waals surface area contributed by atoms with Crippen LogP contribution in [-0.2, 0) is 9.59 Å². The van der Waals surface area contributed by atoms with E-state index in [2.05, 4.69) is 12.2 Å². The summed E-state index contributed by atoms with van der Waals surface area (Å²) in [5.74, 6) is -2.01. The molecule has 0 aromatic heterocycles. The van der Waals surface area contributed by atoms with Crippen LogP contribution in [0, 0.1) is 0 Å². The molecule has 0 saturated heterocycles. The van der Waals surface area contributed by atoms with Crippen LogP contribution in [0.2, 0.25) is 0 Å². The number of Topliss-reactive ketones (excluding diaryl/α,β-unsaturated/α-hetero) is 2. The number of carbonyl (C=O) groups excluding carboxylic acids is 2. The molecule has 7 heteroatoms.